The van der Waals surface area contributed by atoms with Crippen molar-refractivity contribution in [2.75, 3.05) is 26.7 Å². The molecular weight excluding hydrogens is 162 g/mol. The highest BCUT2D eigenvalue weighted by Gasteiger charge is 2.00. The van der Waals surface area contributed by atoms with E-state index < -0.39 is 0 Å². The molecule has 0 amide bonds. The Hall–Kier alpha value is -0.600. The van der Waals surface area contributed by atoms with Gasteiger partial charge in [-0.25, -0.2) is 0 Å². The second-order valence-corrected chi connectivity index (χ2v) is 3.39. The van der Waals surface area contributed by atoms with E-state index in [1.807, 2.05) is 7.05 Å². The van der Waals surface area contributed by atoms with Gasteiger partial charge in [-0.3, -0.25) is 0 Å². The topological polar surface area (TPSA) is 23.5 Å². The van der Waals surface area contributed by atoms with Gasteiger partial charge in [-0.05, 0) is 26.3 Å². The van der Waals surface area contributed by atoms with Gasteiger partial charge < -0.3 is 10.0 Å². The predicted octanol–water partition coefficient (Wildman–Crippen LogP) is 1.39. The van der Waals surface area contributed by atoms with Crippen LogP contribution in [0.5, 0.6) is 0 Å². The van der Waals surface area contributed by atoms with Crippen molar-refractivity contribution in [2.45, 2.75) is 12.8 Å². The lowest BCUT2D eigenvalue weighted by Crippen LogP contribution is -2.23. The van der Waals surface area contributed by atoms with Gasteiger partial charge in [0.05, 0.1) is 6.61 Å². The van der Waals surface area contributed by atoms with Gasteiger partial charge in [0.2, 0.25) is 0 Å². The number of hydrogen-bond acceptors (Lipinski definition) is 2. The fourth-order valence-electron chi connectivity index (χ4n) is 1.35. The molecule has 0 aromatic heterocycles. The van der Waals surface area contributed by atoms with Crippen molar-refractivity contribution in [3.63, 3.8) is 0 Å². The summed E-state index contributed by atoms with van der Waals surface area (Å²) in [5, 5.41) is 8.70. The van der Waals surface area contributed by atoms with Gasteiger partial charge in [-0.1, -0.05) is 23.8 Å². The monoisotopic (exact) mass is 180 g/mol. The first-order valence-corrected chi connectivity index (χ1v) is 4.81. The van der Waals surface area contributed by atoms with Gasteiger partial charge in [0.1, 0.15) is 0 Å². The van der Waals surface area contributed by atoms with E-state index in [9.17, 15) is 0 Å². The third kappa shape index (κ3) is 4.25. The molecule has 1 aliphatic rings. The first-order chi connectivity index (χ1) is 6.33. The van der Waals surface area contributed by atoms with Crippen LogP contribution in [0.3, 0.4) is 0 Å². The van der Waals surface area contributed by atoms with Gasteiger partial charge >= 0.3 is 0 Å². The molecule has 0 unspecified atom stereocenters. The number of hydrogen-bond donors (Lipinski definition) is 1. The van der Waals surface area contributed by atoms with Crippen molar-refractivity contribution < 1.29 is 5.11 Å². The summed E-state index contributed by atoms with van der Waals surface area (Å²) in [6, 6.07) is 0. The normalized spacial score (nSPS) is 16.4. The zero-order valence-corrected chi connectivity index (χ0v) is 8.24. The molecule has 0 saturated carbocycles. The summed E-state index contributed by atoms with van der Waals surface area (Å²) in [7, 11) is 2.04. The second-order valence-electron chi connectivity index (χ2n) is 3.39. The summed E-state index contributed by atoms with van der Waals surface area (Å²) >= 11 is 0. The highest BCUT2D eigenvalue weighted by molar-refractivity contribution is 5.26. The van der Waals surface area contributed by atoms with Crippen LogP contribution in [0.2, 0.25) is 0 Å². The van der Waals surface area contributed by atoms with Crippen molar-refractivity contribution in [3.8, 4) is 0 Å². The fraction of sp³-hybridized carbons (Fsp3) is 0.545. The lowest BCUT2D eigenvalue weighted by atomic mass is 10.0. The van der Waals surface area contributed by atoms with Gasteiger partial charge in [-0.2, -0.15) is 0 Å². The molecule has 1 radical (unpaired) electrons. The van der Waals surface area contributed by atoms with Crippen LogP contribution in [0.15, 0.2) is 23.8 Å². The molecule has 0 aliphatic heterocycles. The van der Waals surface area contributed by atoms with Crippen LogP contribution in [0.4, 0.5) is 0 Å². The van der Waals surface area contributed by atoms with Gasteiger partial charge in [0.15, 0.2) is 0 Å². The van der Waals surface area contributed by atoms with Crippen molar-refractivity contribution in [1.82, 2.24) is 4.90 Å². The third-order valence-electron chi connectivity index (χ3n) is 2.23. The van der Waals surface area contributed by atoms with E-state index >= 15 is 0 Å². The largest absolute Gasteiger partial charge is 0.395 e. The molecule has 0 aromatic carbocycles. The maximum atomic E-state index is 8.70. The van der Waals surface area contributed by atoms with Crippen LogP contribution in [0.25, 0.3) is 0 Å². The highest BCUT2D eigenvalue weighted by Crippen LogP contribution is 2.12. The summed E-state index contributed by atoms with van der Waals surface area (Å²) in [6.07, 6.45) is 10.8. The molecule has 1 N–H and O–H groups in total. The molecule has 13 heavy (non-hydrogen) atoms. The summed E-state index contributed by atoms with van der Waals surface area (Å²) in [5.74, 6) is 0. The molecule has 1 rings (SSSR count). The minimum absolute atomic E-state index is 0.249. The van der Waals surface area contributed by atoms with E-state index in [4.69, 9.17) is 5.11 Å². The Morgan fingerprint density at radius 1 is 1.46 bits per heavy atom. The molecule has 0 fully saturated rings. The van der Waals surface area contributed by atoms with Crippen LogP contribution in [0, 0.1) is 6.42 Å². The van der Waals surface area contributed by atoms with E-state index in [1.54, 1.807) is 0 Å². The Bertz CT molecular complexity index is 196. The van der Waals surface area contributed by atoms with E-state index in [2.05, 4.69) is 29.5 Å². The van der Waals surface area contributed by atoms with Crippen LogP contribution in [0.1, 0.15) is 12.8 Å². The van der Waals surface area contributed by atoms with Crippen LogP contribution >= 0.6 is 0 Å². The van der Waals surface area contributed by atoms with E-state index in [1.165, 1.54) is 5.57 Å². The van der Waals surface area contributed by atoms with Crippen LogP contribution in [-0.2, 0) is 0 Å². The van der Waals surface area contributed by atoms with E-state index in [-0.39, 0.29) is 6.61 Å². The van der Waals surface area contributed by atoms with Crippen molar-refractivity contribution in [1.29, 1.82) is 0 Å². The molecule has 2 nitrogen and oxygen atoms in total. The molecule has 1 aliphatic carbocycles. The molecule has 73 valence electrons. The van der Waals surface area contributed by atoms with Crippen molar-refractivity contribution in [3.05, 3.63) is 30.2 Å². The molecule has 0 saturated heterocycles. The number of allylic oxidation sites excluding steroid dienone is 3. The number of likely N-dealkylation sites (N-methyl/N-ethyl adjacent to an activating group) is 1. The number of aliphatic hydroxyl groups excluding tert-OH is 1. The number of rotatable bonds is 5. The molecule has 0 spiro atoms. The van der Waals surface area contributed by atoms with Crippen LogP contribution < -0.4 is 0 Å². The average molecular weight is 180 g/mol. The maximum absolute atomic E-state index is 8.70. The first-order valence-electron chi connectivity index (χ1n) is 4.81. The molecule has 0 bridgehead atoms. The standard InChI is InChI=1S/C11H18NO/c1-12(9-10-13)8-7-11-5-3-2-4-6-11/h2-3,5-6,13H,4,7-10H2,1H3. The lowest BCUT2D eigenvalue weighted by Gasteiger charge is -2.15. The maximum Gasteiger partial charge on any atom is 0.0558 e. The lowest BCUT2D eigenvalue weighted by molar-refractivity contribution is 0.223. The first kappa shape index (κ1) is 10.5. The minimum Gasteiger partial charge on any atom is -0.395 e. The molecular formula is C11H18NO. The van der Waals surface area contributed by atoms with Crippen LogP contribution in [-0.4, -0.2) is 36.8 Å². The Kier molecular flexibility index (Phi) is 4.79. The summed E-state index contributed by atoms with van der Waals surface area (Å²) in [4.78, 5) is 2.15. The molecule has 0 atom stereocenters. The molecule has 0 heterocycles. The van der Waals surface area contributed by atoms with Gasteiger partial charge in [0, 0.05) is 13.1 Å². The minimum atomic E-state index is 0.249. The fourth-order valence-corrected chi connectivity index (χ4v) is 1.35. The SMILES string of the molecule is CN(CCO)CCC1=CC[CH]C=C1. The highest BCUT2D eigenvalue weighted by atomic mass is 16.3. The molecule has 0 aromatic rings. The average Bonchev–Trinajstić information content (AvgIpc) is 2.17. The summed E-state index contributed by atoms with van der Waals surface area (Å²) < 4.78 is 0. The summed E-state index contributed by atoms with van der Waals surface area (Å²) in [5.41, 5.74) is 1.41. The second kappa shape index (κ2) is 5.95. The summed E-state index contributed by atoms with van der Waals surface area (Å²) in [6.45, 7) is 2.04. The van der Waals surface area contributed by atoms with Gasteiger partial charge in [-0.15, -0.1) is 0 Å². The van der Waals surface area contributed by atoms with E-state index in [0.29, 0.717) is 0 Å². The molecule has 2 heteroatoms. The Labute approximate surface area is 80.6 Å². The Morgan fingerprint density at radius 2 is 2.31 bits per heavy atom. The van der Waals surface area contributed by atoms with Crippen molar-refractivity contribution in [2.24, 2.45) is 0 Å². The number of nitrogens with zero attached hydrogens (tertiary/aromatic N) is 1. The zero-order valence-electron chi connectivity index (χ0n) is 8.24. The Morgan fingerprint density at radius 3 is 2.92 bits per heavy atom. The third-order valence-corrected chi connectivity index (χ3v) is 2.23. The van der Waals surface area contributed by atoms with Gasteiger partial charge in [0.25, 0.3) is 0 Å². The smallest absolute Gasteiger partial charge is 0.0558 e. The van der Waals surface area contributed by atoms with E-state index in [0.717, 1.165) is 25.9 Å². The zero-order chi connectivity index (χ0) is 9.52. The predicted molar refractivity (Wildman–Crippen MR) is 55.3 cm³/mol. The number of aliphatic hydroxyl groups is 1. The van der Waals surface area contributed by atoms with Crippen molar-refractivity contribution >= 4 is 0 Å². The quantitative estimate of drug-likeness (QED) is 0.691. The Balaban J connectivity index is 2.18.